The highest BCUT2D eigenvalue weighted by molar-refractivity contribution is 6.01. The highest BCUT2D eigenvalue weighted by Crippen LogP contribution is 2.30. The number of hydrogen-bond acceptors (Lipinski definition) is 4. The van der Waals surface area contributed by atoms with Gasteiger partial charge in [-0.05, 0) is 17.7 Å². The highest BCUT2D eigenvalue weighted by atomic mass is 35.5. The summed E-state index contributed by atoms with van der Waals surface area (Å²) in [5, 5.41) is 2.67. The third-order valence-electron chi connectivity index (χ3n) is 3.64. The lowest BCUT2D eigenvalue weighted by Gasteiger charge is -2.17. The van der Waals surface area contributed by atoms with E-state index in [9.17, 15) is 9.59 Å². The van der Waals surface area contributed by atoms with Crippen LogP contribution < -0.4 is 16.0 Å². The molecule has 2 amide bonds. The molecule has 2 heterocycles. The molecular formula is C16H18ClN3O3. The predicted octanol–water partition coefficient (Wildman–Crippen LogP) is 1.48. The van der Waals surface area contributed by atoms with E-state index in [0.29, 0.717) is 31.6 Å². The van der Waals surface area contributed by atoms with E-state index in [2.05, 4.69) is 5.32 Å². The van der Waals surface area contributed by atoms with Crippen LogP contribution in [0.4, 0.5) is 5.69 Å². The number of hydrogen-bond donors (Lipinski definition) is 2. The molecule has 1 aliphatic heterocycles. The first-order chi connectivity index (χ1) is 10.7. The van der Waals surface area contributed by atoms with Crippen molar-refractivity contribution in [2.24, 2.45) is 5.73 Å². The summed E-state index contributed by atoms with van der Waals surface area (Å²) in [5.74, 6) is -0.0632. The number of carbonyl (C=O) groups excluding carboxylic acids is 2. The lowest BCUT2D eigenvalue weighted by atomic mass is 10.1. The molecule has 6 nitrogen and oxygen atoms in total. The Morgan fingerprint density at radius 2 is 2.09 bits per heavy atom. The lowest BCUT2D eigenvalue weighted by Crippen LogP contribution is -2.31. The Bertz CT molecular complexity index is 714. The van der Waals surface area contributed by atoms with Crippen molar-refractivity contribution in [3.8, 4) is 0 Å². The zero-order valence-corrected chi connectivity index (χ0v) is 13.3. The first kappa shape index (κ1) is 17.1. The molecular weight excluding hydrogens is 318 g/mol. The summed E-state index contributed by atoms with van der Waals surface area (Å²) in [7, 11) is 0. The van der Waals surface area contributed by atoms with Crippen LogP contribution in [0.1, 0.15) is 21.7 Å². The summed E-state index contributed by atoms with van der Waals surface area (Å²) in [6, 6.07) is 9.38. The average molecular weight is 336 g/mol. The fourth-order valence-electron chi connectivity index (χ4n) is 2.59. The first-order valence-corrected chi connectivity index (χ1v) is 7.13. The third kappa shape index (κ3) is 3.38. The van der Waals surface area contributed by atoms with Crippen LogP contribution >= 0.6 is 12.4 Å². The number of carbonyl (C=O) groups is 2. The van der Waals surface area contributed by atoms with Gasteiger partial charge in [-0.25, -0.2) is 0 Å². The summed E-state index contributed by atoms with van der Waals surface area (Å²) in [6.07, 6.45) is 1.85. The first-order valence-electron chi connectivity index (χ1n) is 7.13. The maximum atomic E-state index is 12.2. The molecule has 0 atom stereocenters. The summed E-state index contributed by atoms with van der Waals surface area (Å²) in [5.41, 5.74) is 7.95. The Morgan fingerprint density at radius 1 is 1.30 bits per heavy atom. The van der Waals surface area contributed by atoms with Crippen LogP contribution in [0.3, 0.4) is 0 Å². The normalized spacial score (nSPS) is 12.7. The summed E-state index contributed by atoms with van der Waals surface area (Å²) in [4.78, 5) is 25.9. The van der Waals surface area contributed by atoms with Gasteiger partial charge in [0.15, 0.2) is 5.76 Å². The predicted molar refractivity (Wildman–Crippen MR) is 88.7 cm³/mol. The van der Waals surface area contributed by atoms with Gasteiger partial charge in [-0.15, -0.1) is 12.4 Å². The van der Waals surface area contributed by atoms with E-state index in [-0.39, 0.29) is 30.0 Å². The third-order valence-corrected chi connectivity index (χ3v) is 3.64. The number of nitrogens with two attached hydrogens (primary N) is 1. The smallest absolute Gasteiger partial charge is 0.287 e. The van der Waals surface area contributed by atoms with Crippen LogP contribution in [0.5, 0.6) is 0 Å². The van der Waals surface area contributed by atoms with E-state index in [1.807, 2.05) is 24.3 Å². The van der Waals surface area contributed by atoms with Crippen molar-refractivity contribution >= 4 is 29.9 Å². The lowest BCUT2D eigenvalue weighted by molar-refractivity contribution is -0.117. The van der Waals surface area contributed by atoms with Crippen molar-refractivity contribution in [3.05, 3.63) is 53.5 Å². The molecule has 122 valence electrons. The van der Waals surface area contributed by atoms with Crippen LogP contribution in [0.2, 0.25) is 0 Å². The molecule has 1 aromatic heterocycles. The zero-order valence-electron chi connectivity index (χ0n) is 12.5. The van der Waals surface area contributed by atoms with Crippen LogP contribution in [0.15, 0.2) is 41.0 Å². The number of rotatable bonds is 5. The van der Waals surface area contributed by atoms with Gasteiger partial charge in [0, 0.05) is 24.3 Å². The molecule has 0 saturated carbocycles. The van der Waals surface area contributed by atoms with Crippen molar-refractivity contribution < 1.29 is 14.0 Å². The number of amides is 2. The van der Waals surface area contributed by atoms with Crippen molar-refractivity contribution in [1.29, 1.82) is 0 Å². The van der Waals surface area contributed by atoms with Crippen molar-refractivity contribution in [2.75, 3.05) is 18.0 Å². The topological polar surface area (TPSA) is 88.6 Å². The molecule has 0 aliphatic carbocycles. The largest absolute Gasteiger partial charge is 0.459 e. The standard InChI is InChI=1S/C16H17N3O3.ClH/c17-6-7-18-16(21)15-12(5-8-22-15)10-19-13-4-2-1-3-11(13)9-14(19)20;/h1-5,8H,6-7,9-10,17H2,(H,18,21);1H. The van der Waals surface area contributed by atoms with Gasteiger partial charge < -0.3 is 20.4 Å². The zero-order chi connectivity index (χ0) is 15.5. The molecule has 3 rings (SSSR count). The van der Waals surface area contributed by atoms with Gasteiger partial charge in [0.05, 0.1) is 19.2 Å². The fourth-order valence-corrected chi connectivity index (χ4v) is 2.59. The summed E-state index contributed by atoms with van der Waals surface area (Å²) >= 11 is 0. The minimum Gasteiger partial charge on any atom is -0.459 e. The molecule has 7 heteroatoms. The Morgan fingerprint density at radius 3 is 2.87 bits per heavy atom. The maximum Gasteiger partial charge on any atom is 0.287 e. The molecule has 1 aliphatic rings. The number of halogens is 1. The highest BCUT2D eigenvalue weighted by Gasteiger charge is 2.28. The molecule has 2 aromatic rings. The Kier molecular flexibility index (Phi) is 5.41. The fraction of sp³-hybridized carbons (Fsp3) is 0.250. The molecule has 0 bridgehead atoms. The summed E-state index contributed by atoms with van der Waals surface area (Å²) < 4.78 is 5.27. The van der Waals surface area contributed by atoms with Crippen molar-refractivity contribution in [1.82, 2.24) is 5.32 Å². The monoisotopic (exact) mass is 335 g/mol. The van der Waals surface area contributed by atoms with E-state index in [4.69, 9.17) is 10.2 Å². The molecule has 0 spiro atoms. The van der Waals surface area contributed by atoms with Crippen molar-refractivity contribution in [2.45, 2.75) is 13.0 Å². The minimum absolute atomic E-state index is 0. The molecule has 0 fully saturated rings. The van der Waals surface area contributed by atoms with Gasteiger partial charge >= 0.3 is 0 Å². The van der Waals surface area contributed by atoms with E-state index < -0.39 is 0 Å². The van der Waals surface area contributed by atoms with Gasteiger partial charge in [-0.3, -0.25) is 9.59 Å². The van der Waals surface area contributed by atoms with Crippen LogP contribution in [-0.4, -0.2) is 24.9 Å². The van der Waals surface area contributed by atoms with Crippen molar-refractivity contribution in [3.63, 3.8) is 0 Å². The van der Waals surface area contributed by atoms with Crippen LogP contribution in [0.25, 0.3) is 0 Å². The van der Waals surface area contributed by atoms with Gasteiger partial charge in [0.2, 0.25) is 5.91 Å². The molecule has 1 aromatic carbocycles. The minimum atomic E-state index is -0.314. The van der Waals surface area contributed by atoms with Gasteiger partial charge in [0.1, 0.15) is 0 Å². The number of nitrogens with zero attached hydrogens (tertiary/aromatic N) is 1. The Hall–Kier alpha value is -2.31. The summed E-state index contributed by atoms with van der Waals surface area (Å²) in [6.45, 7) is 1.06. The second-order valence-electron chi connectivity index (χ2n) is 5.10. The van der Waals surface area contributed by atoms with Crippen LogP contribution in [-0.2, 0) is 17.8 Å². The van der Waals surface area contributed by atoms with Crippen LogP contribution in [0, 0.1) is 0 Å². The van der Waals surface area contributed by atoms with E-state index in [1.54, 1.807) is 11.0 Å². The Balaban J connectivity index is 0.00000192. The van der Waals surface area contributed by atoms with E-state index in [0.717, 1.165) is 11.3 Å². The number of nitrogens with one attached hydrogen (secondary N) is 1. The molecule has 3 N–H and O–H groups in total. The number of anilines is 1. The number of para-hydroxylation sites is 1. The van der Waals surface area contributed by atoms with Gasteiger partial charge in [0.25, 0.3) is 5.91 Å². The average Bonchev–Trinajstić information content (AvgIpc) is 3.10. The number of benzene rings is 1. The van der Waals surface area contributed by atoms with E-state index >= 15 is 0 Å². The Labute approximate surface area is 140 Å². The molecule has 23 heavy (non-hydrogen) atoms. The number of fused-ring (bicyclic) bond motifs is 1. The molecule has 0 saturated heterocycles. The molecule has 0 radical (unpaired) electrons. The quantitative estimate of drug-likeness (QED) is 0.866. The maximum absolute atomic E-state index is 12.2. The van der Waals surface area contributed by atoms with Gasteiger partial charge in [-0.1, -0.05) is 18.2 Å². The van der Waals surface area contributed by atoms with E-state index in [1.165, 1.54) is 6.26 Å². The second-order valence-corrected chi connectivity index (χ2v) is 5.10. The number of furan rings is 1. The van der Waals surface area contributed by atoms with Gasteiger partial charge in [-0.2, -0.15) is 0 Å². The second kappa shape index (κ2) is 7.30. The SMILES string of the molecule is Cl.NCCNC(=O)c1occc1CN1C(=O)Cc2ccccc21. The molecule has 0 unspecified atom stereocenters.